The predicted molar refractivity (Wildman–Crippen MR) is 99.6 cm³/mol. The van der Waals surface area contributed by atoms with E-state index in [2.05, 4.69) is 0 Å². The molecule has 1 rings (SSSR count). The van der Waals surface area contributed by atoms with E-state index in [1.54, 1.807) is 39.8 Å². The van der Waals surface area contributed by atoms with Crippen molar-refractivity contribution < 1.29 is 28.5 Å². The monoisotopic (exact) mass is 384 g/mol. The Morgan fingerprint density at radius 3 is 2.31 bits per heavy atom. The van der Waals surface area contributed by atoms with Crippen molar-refractivity contribution >= 4 is 29.6 Å². The van der Waals surface area contributed by atoms with Crippen LogP contribution in [0.15, 0.2) is 17.7 Å². The number of halogens is 1. The van der Waals surface area contributed by atoms with Crippen LogP contribution in [0.25, 0.3) is 6.08 Å². The van der Waals surface area contributed by atoms with Gasteiger partial charge in [-0.1, -0.05) is 11.6 Å². The molecule has 0 aliphatic carbocycles. The van der Waals surface area contributed by atoms with Gasteiger partial charge >= 0.3 is 11.9 Å². The van der Waals surface area contributed by atoms with Gasteiger partial charge in [0, 0.05) is 17.2 Å². The summed E-state index contributed by atoms with van der Waals surface area (Å²) in [5.41, 5.74) is -0.0411. The summed E-state index contributed by atoms with van der Waals surface area (Å²) in [5, 5.41) is 0.318. The van der Waals surface area contributed by atoms with Crippen LogP contribution in [0.3, 0.4) is 0 Å². The normalized spacial score (nSPS) is 11.7. The molecule has 0 bridgehead atoms. The lowest BCUT2D eigenvalue weighted by Crippen LogP contribution is -2.25. The van der Waals surface area contributed by atoms with Crippen LogP contribution in [0, 0.1) is 0 Å². The van der Waals surface area contributed by atoms with E-state index in [0.717, 1.165) is 0 Å². The van der Waals surface area contributed by atoms with Gasteiger partial charge in [-0.25, -0.2) is 4.79 Å². The maximum atomic E-state index is 12.3. The Kier molecular flexibility index (Phi) is 7.96. The predicted octanol–water partition coefficient (Wildman–Crippen LogP) is 4.04. The SMILES string of the molecule is CCOC(=O)/C(=C/c1cc(OC)cc(Cl)c1OC)CC(=O)OC(C)(C)C. The van der Waals surface area contributed by atoms with Gasteiger partial charge in [0.2, 0.25) is 0 Å². The van der Waals surface area contributed by atoms with Crippen molar-refractivity contribution in [3.8, 4) is 11.5 Å². The molecule has 0 saturated heterocycles. The molecule has 26 heavy (non-hydrogen) atoms. The van der Waals surface area contributed by atoms with Crippen LogP contribution < -0.4 is 9.47 Å². The molecule has 0 radical (unpaired) electrons. The molecule has 7 heteroatoms. The summed E-state index contributed by atoms with van der Waals surface area (Å²) in [6, 6.07) is 3.24. The van der Waals surface area contributed by atoms with Crippen LogP contribution in [-0.4, -0.2) is 38.4 Å². The molecule has 0 unspecified atom stereocenters. The molecular weight excluding hydrogens is 360 g/mol. The van der Waals surface area contributed by atoms with Gasteiger partial charge in [0.25, 0.3) is 0 Å². The van der Waals surface area contributed by atoms with E-state index in [4.69, 9.17) is 30.5 Å². The van der Waals surface area contributed by atoms with Gasteiger partial charge in [-0.05, 0) is 39.8 Å². The number of rotatable bonds is 7. The fourth-order valence-corrected chi connectivity index (χ4v) is 2.45. The molecule has 0 saturated carbocycles. The van der Waals surface area contributed by atoms with Crippen molar-refractivity contribution in [1.82, 2.24) is 0 Å². The Bertz CT molecular complexity index is 688. The second kappa shape index (κ2) is 9.48. The Morgan fingerprint density at radius 1 is 1.15 bits per heavy atom. The number of benzene rings is 1. The highest BCUT2D eigenvalue weighted by Crippen LogP contribution is 2.35. The van der Waals surface area contributed by atoms with Crippen molar-refractivity contribution in [2.24, 2.45) is 0 Å². The van der Waals surface area contributed by atoms with E-state index >= 15 is 0 Å². The number of hydrogen-bond donors (Lipinski definition) is 0. The zero-order valence-electron chi connectivity index (χ0n) is 16.0. The van der Waals surface area contributed by atoms with Gasteiger partial charge in [0.05, 0.1) is 32.3 Å². The number of ether oxygens (including phenoxy) is 4. The molecular formula is C19H25ClO6. The number of methoxy groups -OCH3 is 2. The highest BCUT2D eigenvalue weighted by Gasteiger charge is 2.22. The molecule has 0 fully saturated rings. The molecule has 1 aromatic carbocycles. The van der Waals surface area contributed by atoms with Gasteiger partial charge in [0.15, 0.2) is 0 Å². The maximum Gasteiger partial charge on any atom is 0.334 e. The topological polar surface area (TPSA) is 71.1 Å². The Balaban J connectivity index is 3.32. The third-order valence-corrected chi connectivity index (χ3v) is 3.39. The molecule has 0 spiro atoms. The minimum absolute atomic E-state index is 0.128. The van der Waals surface area contributed by atoms with E-state index in [0.29, 0.717) is 22.1 Å². The lowest BCUT2D eigenvalue weighted by Gasteiger charge is -2.20. The lowest BCUT2D eigenvalue weighted by molar-refractivity contribution is -0.155. The molecule has 0 aliphatic heterocycles. The fourth-order valence-electron chi connectivity index (χ4n) is 2.16. The molecule has 0 heterocycles. The van der Waals surface area contributed by atoms with E-state index < -0.39 is 17.5 Å². The summed E-state index contributed by atoms with van der Waals surface area (Å²) in [7, 11) is 2.96. The first-order valence-electron chi connectivity index (χ1n) is 8.12. The molecule has 0 aliphatic rings. The summed E-state index contributed by atoms with van der Waals surface area (Å²) >= 11 is 6.19. The van der Waals surface area contributed by atoms with Crippen molar-refractivity contribution in [2.45, 2.75) is 39.7 Å². The van der Waals surface area contributed by atoms with Crippen LogP contribution in [0.4, 0.5) is 0 Å². The average Bonchev–Trinajstić information content (AvgIpc) is 2.52. The second-order valence-electron chi connectivity index (χ2n) is 6.38. The summed E-state index contributed by atoms with van der Waals surface area (Å²) in [6.07, 6.45) is 1.25. The van der Waals surface area contributed by atoms with Crippen molar-refractivity contribution in [3.63, 3.8) is 0 Å². The Morgan fingerprint density at radius 2 is 1.81 bits per heavy atom. The summed E-state index contributed by atoms with van der Waals surface area (Å²) in [6.45, 7) is 7.13. The number of carbonyl (C=O) groups is 2. The number of hydrogen-bond acceptors (Lipinski definition) is 6. The minimum Gasteiger partial charge on any atom is -0.497 e. The third-order valence-electron chi connectivity index (χ3n) is 3.11. The molecule has 0 N–H and O–H groups in total. The van der Waals surface area contributed by atoms with Gasteiger partial charge in [0.1, 0.15) is 17.1 Å². The summed E-state index contributed by atoms with van der Waals surface area (Å²) in [5.74, 6) is -0.301. The van der Waals surface area contributed by atoms with Crippen LogP contribution in [-0.2, 0) is 19.1 Å². The van der Waals surface area contributed by atoms with Crippen LogP contribution in [0.5, 0.6) is 11.5 Å². The molecule has 0 atom stereocenters. The van der Waals surface area contributed by atoms with Crippen LogP contribution in [0.2, 0.25) is 5.02 Å². The van der Waals surface area contributed by atoms with E-state index in [1.807, 2.05) is 0 Å². The quantitative estimate of drug-likeness (QED) is 0.522. The lowest BCUT2D eigenvalue weighted by atomic mass is 10.1. The molecule has 144 valence electrons. The van der Waals surface area contributed by atoms with E-state index in [1.165, 1.54) is 20.3 Å². The van der Waals surface area contributed by atoms with Crippen molar-refractivity contribution in [3.05, 3.63) is 28.3 Å². The largest absolute Gasteiger partial charge is 0.497 e. The molecule has 0 amide bonds. The Hall–Kier alpha value is -2.21. The Labute approximate surface area is 159 Å². The third kappa shape index (κ3) is 6.59. The molecule has 6 nitrogen and oxygen atoms in total. The summed E-state index contributed by atoms with van der Waals surface area (Å²) in [4.78, 5) is 24.4. The first-order chi connectivity index (χ1) is 12.1. The summed E-state index contributed by atoms with van der Waals surface area (Å²) < 4.78 is 20.8. The molecule has 0 aromatic heterocycles. The highest BCUT2D eigenvalue weighted by molar-refractivity contribution is 6.32. The average molecular weight is 385 g/mol. The first-order valence-corrected chi connectivity index (χ1v) is 8.50. The highest BCUT2D eigenvalue weighted by atomic mass is 35.5. The van der Waals surface area contributed by atoms with E-state index in [9.17, 15) is 9.59 Å². The van der Waals surface area contributed by atoms with Gasteiger partial charge < -0.3 is 18.9 Å². The van der Waals surface area contributed by atoms with Crippen LogP contribution >= 0.6 is 11.6 Å². The molecule has 1 aromatic rings. The smallest absolute Gasteiger partial charge is 0.334 e. The van der Waals surface area contributed by atoms with Crippen molar-refractivity contribution in [2.75, 3.05) is 20.8 Å². The van der Waals surface area contributed by atoms with Gasteiger partial charge in [-0.3, -0.25) is 4.79 Å². The maximum absolute atomic E-state index is 12.3. The zero-order chi connectivity index (χ0) is 19.9. The van der Waals surface area contributed by atoms with Gasteiger partial charge in [-0.15, -0.1) is 0 Å². The van der Waals surface area contributed by atoms with Crippen LogP contribution in [0.1, 0.15) is 39.7 Å². The fraction of sp³-hybridized carbons (Fsp3) is 0.474. The number of carbonyl (C=O) groups excluding carboxylic acids is 2. The van der Waals surface area contributed by atoms with Crippen molar-refractivity contribution in [1.29, 1.82) is 0 Å². The second-order valence-corrected chi connectivity index (χ2v) is 6.79. The standard InChI is InChI=1S/C19H25ClO6/c1-7-25-18(22)13(10-16(21)26-19(2,3)4)8-12-9-14(23-5)11-15(20)17(12)24-6/h8-9,11H,7,10H2,1-6H3/b13-8+. The van der Waals surface area contributed by atoms with E-state index in [-0.39, 0.29) is 18.6 Å². The number of esters is 2. The first kappa shape index (κ1) is 21.8. The minimum atomic E-state index is -0.659. The zero-order valence-corrected chi connectivity index (χ0v) is 16.7. The van der Waals surface area contributed by atoms with Gasteiger partial charge in [-0.2, -0.15) is 0 Å².